The van der Waals surface area contributed by atoms with Crippen LogP contribution in [0.15, 0.2) is 60.9 Å². The molecule has 5 heteroatoms. The van der Waals surface area contributed by atoms with Gasteiger partial charge in [0.25, 0.3) is 0 Å². The first-order valence-corrected chi connectivity index (χ1v) is 10.3. The van der Waals surface area contributed by atoms with E-state index in [4.69, 9.17) is 9.84 Å². The van der Waals surface area contributed by atoms with Crippen molar-refractivity contribution in [3.63, 3.8) is 0 Å². The molecule has 0 radical (unpaired) electrons. The van der Waals surface area contributed by atoms with Crippen molar-refractivity contribution >= 4 is 6.29 Å². The Kier molecular flexibility index (Phi) is 10.2. The number of nitrogens with zero attached hydrogens (tertiary/aromatic N) is 2. The van der Waals surface area contributed by atoms with Gasteiger partial charge in [-0.25, -0.2) is 0 Å². The predicted octanol–water partition coefficient (Wildman–Crippen LogP) is 4.26. The summed E-state index contributed by atoms with van der Waals surface area (Å²) in [4.78, 5) is 19.1. The predicted molar refractivity (Wildman–Crippen MR) is 119 cm³/mol. The number of carbonyl (C=O) groups excluding carboxylic acids is 1. The quantitative estimate of drug-likeness (QED) is 0.538. The maximum Gasteiger partial charge on any atom is 0.150 e. The molecule has 3 aromatic rings. The molecule has 0 atom stereocenters. The standard InChI is InChI=1S/C16H17NO2.C9H13NO/c1-2-13-3-6-15(17-11-13)9-10-19-16-7-4-14(12-18)5-8-16;1-2-8-3-4-9(5-6-11)10-7-8/h3-8,11-12H,2,9-10H2,1H3;3-4,7,11H,2,5-6H2,1H3. The van der Waals surface area contributed by atoms with E-state index in [0.29, 0.717) is 18.6 Å². The van der Waals surface area contributed by atoms with Crippen LogP contribution in [0.25, 0.3) is 0 Å². The Bertz CT molecular complexity index is 860. The smallest absolute Gasteiger partial charge is 0.150 e. The molecule has 0 spiro atoms. The SMILES string of the molecule is CCc1ccc(CCO)nc1.CCc1ccc(CCOc2ccc(C=O)cc2)nc1. The molecule has 5 nitrogen and oxygen atoms in total. The lowest BCUT2D eigenvalue weighted by Crippen LogP contribution is -2.03. The second-order valence-corrected chi connectivity index (χ2v) is 6.78. The summed E-state index contributed by atoms with van der Waals surface area (Å²) >= 11 is 0. The third kappa shape index (κ3) is 8.13. The Labute approximate surface area is 178 Å². The van der Waals surface area contributed by atoms with Crippen LogP contribution >= 0.6 is 0 Å². The molecule has 1 N–H and O–H groups in total. The Morgan fingerprint density at radius 1 is 0.833 bits per heavy atom. The zero-order chi connectivity index (χ0) is 21.6. The molecule has 0 amide bonds. The summed E-state index contributed by atoms with van der Waals surface area (Å²) in [7, 11) is 0. The molecule has 3 rings (SSSR count). The number of benzene rings is 1. The highest BCUT2D eigenvalue weighted by molar-refractivity contribution is 5.74. The molecule has 30 heavy (non-hydrogen) atoms. The Morgan fingerprint density at radius 2 is 1.40 bits per heavy atom. The van der Waals surface area contributed by atoms with E-state index in [1.807, 2.05) is 24.5 Å². The number of aromatic nitrogens is 2. The average molecular weight is 407 g/mol. The van der Waals surface area contributed by atoms with E-state index in [2.05, 4.69) is 35.9 Å². The molecular weight excluding hydrogens is 376 g/mol. The van der Waals surface area contributed by atoms with E-state index in [9.17, 15) is 4.79 Å². The monoisotopic (exact) mass is 406 g/mol. The number of carbonyl (C=O) groups is 1. The van der Waals surface area contributed by atoms with Crippen molar-refractivity contribution in [1.29, 1.82) is 0 Å². The molecule has 0 unspecified atom stereocenters. The van der Waals surface area contributed by atoms with E-state index < -0.39 is 0 Å². The van der Waals surface area contributed by atoms with Gasteiger partial charge >= 0.3 is 0 Å². The molecule has 158 valence electrons. The molecule has 0 fully saturated rings. The van der Waals surface area contributed by atoms with Gasteiger partial charge in [-0.3, -0.25) is 14.8 Å². The molecule has 0 aliphatic heterocycles. The highest BCUT2D eigenvalue weighted by atomic mass is 16.5. The van der Waals surface area contributed by atoms with Crippen LogP contribution in [-0.2, 0) is 25.7 Å². The van der Waals surface area contributed by atoms with Gasteiger partial charge in [-0.2, -0.15) is 0 Å². The third-order valence-electron chi connectivity index (χ3n) is 4.60. The van der Waals surface area contributed by atoms with Crippen molar-refractivity contribution in [3.8, 4) is 5.75 Å². The Hall–Kier alpha value is -3.05. The summed E-state index contributed by atoms with van der Waals surface area (Å²) < 4.78 is 5.61. The largest absolute Gasteiger partial charge is 0.493 e. The van der Waals surface area contributed by atoms with Gasteiger partial charge in [0.1, 0.15) is 12.0 Å². The zero-order valence-electron chi connectivity index (χ0n) is 17.8. The van der Waals surface area contributed by atoms with Gasteiger partial charge in [0.05, 0.1) is 6.61 Å². The molecule has 1 aromatic carbocycles. The number of hydrogen-bond acceptors (Lipinski definition) is 5. The molecule has 0 bridgehead atoms. The summed E-state index contributed by atoms with van der Waals surface area (Å²) in [5, 5.41) is 8.61. The fourth-order valence-electron chi connectivity index (χ4n) is 2.65. The van der Waals surface area contributed by atoms with Gasteiger partial charge in [-0.1, -0.05) is 26.0 Å². The van der Waals surface area contributed by atoms with Crippen LogP contribution in [0.4, 0.5) is 0 Å². The van der Waals surface area contributed by atoms with E-state index in [1.165, 1.54) is 11.1 Å². The van der Waals surface area contributed by atoms with Gasteiger partial charge in [0, 0.05) is 48.8 Å². The first kappa shape index (κ1) is 23.2. The summed E-state index contributed by atoms with van der Waals surface area (Å²) in [6.45, 7) is 4.98. The summed E-state index contributed by atoms with van der Waals surface area (Å²) in [5.41, 5.74) is 5.14. The molecule has 0 aliphatic rings. The van der Waals surface area contributed by atoms with Crippen LogP contribution in [0.3, 0.4) is 0 Å². The van der Waals surface area contributed by atoms with Crippen molar-refractivity contribution in [2.75, 3.05) is 13.2 Å². The number of hydrogen-bond donors (Lipinski definition) is 1. The normalized spacial score (nSPS) is 10.1. The van der Waals surface area contributed by atoms with E-state index >= 15 is 0 Å². The second-order valence-electron chi connectivity index (χ2n) is 6.78. The summed E-state index contributed by atoms with van der Waals surface area (Å²) in [6.07, 6.45) is 8.06. The number of aldehydes is 1. The van der Waals surface area contributed by atoms with Crippen molar-refractivity contribution in [3.05, 3.63) is 89.0 Å². The Balaban J connectivity index is 0.000000248. The van der Waals surface area contributed by atoms with E-state index in [1.54, 1.807) is 24.3 Å². The fraction of sp³-hybridized carbons (Fsp3) is 0.320. The van der Waals surface area contributed by atoms with Crippen LogP contribution in [0.2, 0.25) is 0 Å². The minimum atomic E-state index is 0.179. The minimum absolute atomic E-state index is 0.179. The maximum absolute atomic E-state index is 10.5. The van der Waals surface area contributed by atoms with Crippen LogP contribution in [0.5, 0.6) is 5.75 Å². The second kappa shape index (κ2) is 13.2. The number of rotatable bonds is 9. The van der Waals surface area contributed by atoms with Crippen LogP contribution in [0.1, 0.15) is 46.7 Å². The van der Waals surface area contributed by atoms with E-state index in [0.717, 1.165) is 42.7 Å². The zero-order valence-corrected chi connectivity index (χ0v) is 17.8. The van der Waals surface area contributed by atoms with Crippen LogP contribution in [-0.4, -0.2) is 34.6 Å². The van der Waals surface area contributed by atoms with Gasteiger partial charge in [-0.05, 0) is 60.4 Å². The van der Waals surface area contributed by atoms with Gasteiger partial charge < -0.3 is 9.84 Å². The number of pyridine rings is 2. The lowest BCUT2D eigenvalue weighted by atomic mass is 10.2. The first-order valence-electron chi connectivity index (χ1n) is 10.3. The average Bonchev–Trinajstić information content (AvgIpc) is 2.81. The fourth-order valence-corrected chi connectivity index (χ4v) is 2.65. The molecule has 0 saturated carbocycles. The van der Waals surface area contributed by atoms with Gasteiger partial charge in [0.15, 0.2) is 0 Å². The third-order valence-corrected chi connectivity index (χ3v) is 4.60. The lowest BCUT2D eigenvalue weighted by Gasteiger charge is -2.06. The summed E-state index contributed by atoms with van der Waals surface area (Å²) in [6, 6.07) is 15.3. The molecule has 2 heterocycles. The molecule has 0 saturated heterocycles. The lowest BCUT2D eigenvalue weighted by molar-refractivity contribution is 0.112. The maximum atomic E-state index is 10.5. The van der Waals surface area contributed by atoms with Crippen LogP contribution < -0.4 is 4.74 Å². The number of aliphatic hydroxyl groups is 1. The first-order chi connectivity index (χ1) is 14.7. The number of aryl methyl sites for hydroxylation is 2. The van der Waals surface area contributed by atoms with Gasteiger partial charge in [0.2, 0.25) is 0 Å². The molecule has 0 aliphatic carbocycles. The minimum Gasteiger partial charge on any atom is -0.493 e. The van der Waals surface area contributed by atoms with E-state index in [-0.39, 0.29) is 6.61 Å². The number of ether oxygens (including phenoxy) is 1. The number of aliphatic hydroxyl groups excluding tert-OH is 1. The van der Waals surface area contributed by atoms with Crippen LogP contribution in [0, 0.1) is 0 Å². The Morgan fingerprint density at radius 3 is 1.83 bits per heavy atom. The molecule has 2 aromatic heterocycles. The highest BCUT2D eigenvalue weighted by Gasteiger charge is 1.98. The van der Waals surface area contributed by atoms with Crippen molar-refractivity contribution < 1.29 is 14.6 Å². The summed E-state index contributed by atoms with van der Waals surface area (Å²) in [5.74, 6) is 0.774. The topological polar surface area (TPSA) is 72.3 Å². The van der Waals surface area contributed by atoms with Crippen molar-refractivity contribution in [2.45, 2.75) is 39.5 Å². The van der Waals surface area contributed by atoms with Crippen molar-refractivity contribution in [2.24, 2.45) is 0 Å². The van der Waals surface area contributed by atoms with Gasteiger partial charge in [-0.15, -0.1) is 0 Å². The van der Waals surface area contributed by atoms with Crippen molar-refractivity contribution in [1.82, 2.24) is 9.97 Å². The molecular formula is C25H30N2O3. The highest BCUT2D eigenvalue weighted by Crippen LogP contribution is 2.11.